The molecule has 4 N–H and O–H groups in total. The van der Waals surface area contributed by atoms with Crippen LogP contribution in [0.3, 0.4) is 0 Å². The Kier molecular flexibility index (Phi) is 4.57. The molecule has 6 nitrogen and oxygen atoms in total. The SMILES string of the molecule is O=C(Nc1cc[nH+]cc1)c1cccc(C(=O)Nc2cc[nH+]cc2)c1. The Bertz CT molecular complexity index is 782. The van der Waals surface area contributed by atoms with Gasteiger partial charge in [0.1, 0.15) is 0 Å². The van der Waals surface area contributed by atoms with Crippen LogP contribution in [0.5, 0.6) is 0 Å². The number of benzene rings is 1. The van der Waals surface area contributed by atoms with Crippen molar-refractivity contribution in [3.63, 3.8) is 0 Å². The molecule has 3 rings (SSSR count). The Labute approximate surface area is 138 Å². The third-order valence-electron chi connectivity index (χ3n) is 3.34. The van der Waals surface area contributed by atoms with Gasteiger partial charge >= 0.3 is 0 Å². The van der Waals surface area contributed by atoms with Gasteiger partial charge in [0, 0.05) is 35.4 Å². The minimum atomic E-state index is -0.273. The van der Waals surface area contributed by atoms with E-state index in [0.717, 1.165) is 0 Å². The number of nitrogens with one attached hydrogen (secondary N) is 4. The first-order valence-corrected chi connectivity index (χ1v) is 7.37. The standard InChI is InChI=1S/C18H14N4O2/c23-17(21-15-4-8-19-9-5-15)13-2-1-3-14(12-13)18(24)22-16-6-10-20-11-7-16/h1-12H,(H,19,21,23)(H,20,22,24)/p+2. The van der Waals surface area contributed by atoms with E-state index < -0.39 is 0 Å². The maximum Gasteiger partial charge on any atom is 0.255 e. The highest BCUT2D eigenvalue weighted by Gasteiger charge is 2.11. The van der Waals surface area contributed by atoms with Crippen molar-refractivity contribution >= 4 is 23.2 Å². The third kappa shape index (κ3) is 3.80. The first-order chi connectivity index (χ1) is 11.7. The first-order valence-electron chi connectivity index (χ1n) is 7.37. The van der Waals surface area contributed by atoms with Gasteiger partial charge in [0.25, 0.3) is 11.8 Å². The number of aromatic nitrogens is 2. The molecule has 6 heteroatoms. The molecule has 0 bridgehead atoms. The fourth-order valence-corrected chi connectivity index (χ4v) is 2.15. The van der Waals surface area contributed by atoms with Gasteiger partial charge in [0.15, 0.2) is 24.8 Å². The van der Waals surface area contributed by atoms with Crippen LogP contribution in [-0.4, -0.2) is 11.8 Å². The Morgan fingerprint density at radius 1 is 0.667 bits per heavy atom. The lowest BCUT2D eigenvalue weighted by atomic mass is 10.1. The molecule has 1 aromatic carbocycles. The quantitative estimate of drug-likeness (QED) is 0.768. The van der Waals surface area contributed by atoms with Crippen molar-refractivity contribution in [2.75, 3.05) is 10.6 Å². The Morgan fingerprint density at radius 2 is 1.08 bits per heavy atom. The van der Waals surface area contributed by atoms with E-state index in [1.54, 1.807) is 73.3 Å². The van der Waals surface area contributed by atoms with Crippen LogP contribution >= 0.6 is 0 Å². The molecule has 2 aromatic heterocycles. The molecular formula is C18H16N4O2+2. The molecule has 0 saturated heterocycles. The predicted molar refractivity (Wildman–Crippen MR) is 88.3 cm³/mol. The molecule has 0 unspecified atom stereocenters. The Hall–Kier alpha value is -3.54. The minimum absolute atomic E-state index is 0.273. The van der Waals surface area contributed by atoms with E-state index in [1.165, 1.54) is 0 Å². The van der Waals surface area contributed by atoms with Crippen LogP contribution in [0.15, 0.2) is 73.3 Å². The zero-order chi connectivity index (χ0) is 16.8. The molecule has 24 heavy (non-hydrogen) atoms. The highest BCUT2D eigenvalue weighted by molar-refractivity contribution is 6.08. The Balaban J connectivity index is 1.74. The number of hydrogen-bond acceptors (Lipinski definition) is 2. The van der Waals surface area contributed by atoms with Crippen molar-refractivity contribution in [1.29, 1.82) is 0 Å². The lowest BCUT2D eigenvalue weighted by molar-refractivity contribution is -0.378. The summed E-state index contributed by atoms with van der Waals surface area (Å²) in [5.74, 6) is -0.546. The lowest BCUT2D eigenvalue weighted by Gasteiger charge is -2.07. The fourth-order valence-electron chi connectivity index (χ4n) is 2.15. The number of rotatable bonds is 4. The van der Waals surface area contributed by atoms with Gasteiger partial charge in [-0.25, -0.2) is 9.97 Å². The van der Waals surface area contributed by atoms with E-state index in [9.17, 15) is 9.59 Å². The third-order valence-corrected chi connectivity index (χ3v) is 3.34. The van der Waals surface area contributed by atoms with E-state index >= 15 is 0 Å². The average Bonchev–Trinajstić information content (AvgIpc) is 2.63. The number of carbonyl (C=O) groups is 2. The topological polar surface area (TPSA) is 86.5 Å². The molecule has 2 heterocycles. The molecule has 0 radical (unpaired) electrons. The number of carbonyl (C=O) groups excluding carboxylic acids is 2. The van der Waals surface area contributed by atoms with Crippen LogP contribution in [0.1, 0.15) is 20.7 Å². The molecule has 0 spiro atoms. The summed E-state index contributed by atoms with van der Waals surface area (Å²) in [6, 6.07) is 13.6. The van der Waals surface area contributed by atoms with Gasteiger partial charge in [-0.3, -0.25) is 9.59 Å². The number of H-pyrrole nitrogens is 2. The predicted octanol–water partition coefficient (Wildman–Crippen LogP) is 1.82. The zero-order valence-electron chi connectivity index (χ0n) is 12.7. The smallest absolute Gasteiger partial charge is 0.255 e. The lowest BCUT2D eigenvalue weighted by Crippen LogP contribution is -2.16. The van der Waals surface area contributed by atoms with Gasteiger partial charge < -0.3 is 10.6 Å². The average molecular weight is 320 g/mol. The second-order valence-electron chi connectivity index (χ2n) is 5.07. The van der Waals surface area contributed by atoms with Crippen LogP contribution < -0.4 is 20.6 Å². The maximum absolute atomic E-state index is 12.3. The first kappa shape index (κ1) is 15.4. The van der Waals surface area contributed by atoms with Crippen LogP contribution in [0.2, 0.25) is 0 Å². The number of hydrogen-bond donors (Lipinski definition) is 2. The summed E-state index contributed by atoms with van der Waals surface area (Å²) in [6.07, 6.45) is 6.88. The molecule has 118 valence electrons. The maximum atomic E-state index is 12.3. The summed E-state index contributed by atoms with van der Waals surface area (Å²) < 4.78 is 0. The molecule has 0 saturated carbocycles. The van der Waals surface area contributed by atoms with Crippen LogP contribution in [-0.2, 0) is 0 Å². The Morgan fingerprint density at radius 3 is 1.50 bits per heavy atom. The summed E-state index contributed by atoms with van der Waals surface area (Å²) in [5, 5.41) is 5.56. The molecule has 0 atom stereocenters. The van der Waals surface area contributed by atoms with Gasteiger partial charge in [0.2, 0.25) is 0 Å². The number of aromatic amines is 2. The number of anilines is 2. The van der Waals surface area contributed by atoms with E-state index in [4.69, 9.17) is 0 Å². The molecule has 0 aliphatic rings. The second kappa shape index (κ2) is 7.15. The summed E-state index contributed by atoms with van der Waals surface area (Å²) in [4.78, 5) is 30.4. The van der Waals surface area contributed by atoms with Crippen molar-refractivity contribution < 1.29 is 19.6 Å². The van der Waals surface area contributed by atoms with Crippen molar-refractivity contribution in [2.24, 2.45) is 0 Å². The van der Waals surface area contributed by atoms with E-state index in [-0.39, 0.29) is 11.8 Å². The van der Waals surface area contributed by atoms with E-state index in [1.807, 2.05) is 0 Å². The van der Waals surface area contributed by atoms with Gasteiger partial charge in [-0.05, 0) is 18.2 Å². The highest BCUT2D eigenvalue weighted by atomic mass is 16.2. The summed E-state index contributed by atoms with van der Waals surface area (Å²) >= 11 is 0. The van der Waals surface area contributed by atoms with Crippen molar-refractivity contribution in [3.05, 3.63) is 84.4 Å². The number of pyridine rings is 2. The molecule has 2 amide bonds. The molecule has 3 aromatic rings. The van der Waals surface area contributed by atoms with Crippen LogP contribution in [0.25, 0.3) is 0 Å². The van der Waals surface area contributed by atoms with E-state index in [2.05, 4.69) is 20.6 Å². The van der Waals surface area contributed by atoms with Crippen molar-refractivity contribution in [3.8, 4) is 0 Å². The van der Waals surface area contributed by atoms with Gasteiger partial charge in [-0.1, -0.05) is 6.07 Å². The van der Waals surface area contributed by atoms with Crippen molar-refractivity contribution in [1.82, 2.24) is 0 Å². The zero-order valence-corrected chi connectivity index (χ0v) is 12.7. The minimum Gasteiger partial charge on any atom is -0.322 e. The normalized spacial score (nSPS) is 10.0. The van der Waals surface area contributed by atoms with Crippen LogP contribution in [0.4, 0.5) is 11.4 Å². The molecule has 0 aliphatic heterocycles. The monoisotopic (exact) mass is 320 g/mol. The second-order valence-corrected chi connectivity index (χ2v) is 5.07. The van der Waals surface area contributed by atoms with Gasteiger partial charge in [0.05, 0.1) is 11.4 Å². The fraction of sp³-hybridized carbons (Fsp3) is 0. The van der Waals surface area contributed by atoms with Gasteiger partial charge in [-0.2, -0.15) is 0 Å². The molecular weight excluding hydrogens is 304 g/mol. The summed E-state index contributed by atoms with van der Waals surface area (Å²) in [7, 11) is 0. The number of amides is 2. The summed E-state index contributed by atoms with van der Waals surface area (Å²) in [5.41, 5.74) is 2.18. The highest BCUT2D eigenvalue weighted by Crippen LogP contribution is 2.11. The molecule has 0 fully saturated rings. The van der Waals surface area contributed by atoms with Crippen molar-refractivity contribution in [2.45, 2.75) is 0 Å². The van der Waals surface area contributed by atoms with Crippen LogP contribution in [0, 0.1) is 0 Å². The van der Waals surface area contributed by atoms with Gasteiger partial charge in [-0.15, -0.1) is 0 Å². The largest absolute Gasteiger partial charge is 0.322 e. The molecule has 0 aliphatic carbocycles. The van der Waals surface area contributed by atoms with E-state index in [0.29, 0.717) is 22.5 Å². The summed E-state index contributed by atoms with van der Waals surface area (Å²) in [6.45, 7) is 0.